The van der Waals surface area contributed by atoms with E-state index in [4.69, 9.17) is 0 Å². The lowest BCUT2D eigenvalue weighted by Gasteiger charge is -2.37. The van der Waals surface area contributed by atoms with Crippen molar-refractivity contribution in [1.82, 2.24) is 15.3 Å². The third-order valence-corrected chi connectivity index (χ3v) is 4.95. The van der Waals surface area contributed by atoms with Gasteiger partial charge in [0.15, 0.2) is 0 Å². The Morgan fingerprint density at radius 3 is 1.59 bits per heavy atom. The minimum atomic E-state index is -0.417. The summed E-state index contributed by atoms with van der Waals surface area (Å²) in [6.07, 6.45) is 4.54. The molecule has 0 aliphatic rings. The van der Waals surface area contributed by atoms with Crippen molar-refractivity contribution in [3.63, 3.8) is 0 Å². The van der Waals surface area contributed by atoms with Gasteiger partial charge in [-0.25, -0.2) is 4.98 Å². The molecule has 0 saturated heterocycles. The molecule has 3 heteroatoms. The van der Waals surface area contributed by atoms with E-state index in [9.17, 15) is 0 Å². The number of rotatable bonds is 7. The van der Waals surface area contributed by atoms with E-state index in [1.807, 2.05) is 6.20 Å². The molecule has 0 atom stereocenters. The molecule has 0 bridgehead atoms. The molecule has 0 aliphatic heterocycles. The van der Waals surface area contributed by atoms with Crippen molar-refractivity contribution in [2.75, 3.05) is 6.54 Å². The maximum atomic E-state index is 4.36. The van der Waals surface area contributed by atoms with Crippen molar-refractivity contribution in [3.8, 4) is 0 Å². The molecule has 3 aromatic carbocycles. The van der Waals surface area contributed by atoms with Crippen molar-refractivity contribution in [2.24, 2.45) is 0 Å². The van der Waals surface area contributed by atoms with Crippen molar-refractivity contribution in [1.29, 1.82) is 0 Å². The first-order chi connectivity index (χ1) is 13.4. The summed E-state index contributed by atoms with van der Waals surface area (Å²) in [6.45, 7) is 0.809. The van der Waals surface area contributed by atoms with Crippen LogP contribution in [-0.2, 0) is 12.0 Å². The van der Waals surface area contributed by atoms with Crippen LogP contribution in [0, 0.1) is 0 Å². The van der Waals surface area contributed by atoms with E-state index in [-0.39, 0.29) is 0 Å². The summed E-state index contributed by atoms with van der Waals surface area (Å²) in [5.41, 5.74) is 4.32. The average Bonchev–Trinajstić information content (AvgIpc) is 3.27. The van der Waals surface area contributed by atoms with Crippen LogP contribution >= 0.6 is 0 Å². The molecule has 4 aromatic rings. The molecule has 0 saturated carbocycles. The average molecular weight is 353 g/mol. The second-order valence-corrected chi connectivity index (χ2v) is 6.59. The minimum absolute atomic E-state index is 0.417. The van der Waals surface area contributed by atoms with Gasteiger partial charge in [-0.2, -0.15) is 0 Å². The van der Waals surface area contributed by atoms with Gasteiger partial charge >= 0.3 is 0 Å². The van der Waals surface area contributed by atoms with Gasteiger partial charge in [0.05, 0.1) is 17.6 Å². The Balaban J connectivity index is 1.81. The van der Waals surface area contributed by atoms with Gasteiger partial charge in [0, 0.05) is 19.2 Å². The van der Waals surface area contributed by atoms with E-state index < -0.39 is 5.54 Å². The quantitative estimate of drug-likeness (QED) is 0.479. The number of nitrogens with zero attached hydrogens (tertiary/aromatic N) is 1. The summed E-state index contributed by atoms with van der Waals surface area (Å²) in [5.74, 6) is 0. The standard InChI is InChI=1S/C24H23N3/c1-4-10-20(11-5-1)24(21-12-6-2-7-13-21,22-14-8-3-9-15-22)27-17-16-23-18-25-19-26-23/h1-15,18-19,27H,16-17H2,(H,25,26). The van der Waals surface area contributed by atoms with Gasteiger partial charge in [0.2, 0.25) is 0 Å². The molecular weight excluding hydrogens is 330 g/mol. The van der Waals surface area contributed by atoms with Crippen LogP contribution in [0.2, 0.25) is 0 Å². The van der Waals surface area contributed by atoms with Gasteiger partial charge in [-0.1, -0.05) is 91.0 Å². The number of imidazole rings is 1. The molecule has 1 heterocycles. The zero-order valence-corrected chi connectivity index (χ0v) is 15.2. The summed E-state index contributed by atoms with van der Waals surface area (Å²) in [5, 5.41) is 3.87. The predicted octanol–water partition coefficient (Wildman–Crippen LogP) is 4.53. The van der Waals surface area contributed by atoms with Crippen molar-refractivity contribution >= 4 is 0 Å². The lowest BCUT2D eigenvalue weighted by Crippen LogP contribution is -2.45. The largest absolute Gasteiger partial charge is 0.351 e. The molecule has 134 valence electrons. The number of aromatic amines is 1. The number of benzene rings is 3. The van der Waals surface area contributed by atoms with Gasteiger partial charge in [0.1, 0.15) is 0 Å². The number of nitrogens with one attached hydrogen (secondary N) is 2. The van der Waals surface area contributed by atoms with Crippen LogP contribution in [0.25, 0.3) is 0 Å². The first-order valence-electron chi connectivity index (χ1n) is 9.29. The molecule has 0 spiro atoms. The maximum absolute atomic E-state index is 4.36. The Kier molecular flexibility index (Phi) is 5.13. The fourth-order valence-electron chi connectivity index (χ4n) is 3.68. The summed E-state index contributed by atoms with van der Waals surface area (Å²) in [6, 6.07) is 32.0. The number of hydrogen-bond donors (Lipinski definition) is 2. The summed E-state index contributed by atoms with van der Waals surface area (Å²) < 4.78 is 0. The van der Waals surface area contributed by atoms with Gasteiger partial charge in [0.25, 0.3) is 0 Å². The van der Waals surface area contributed by atoms with Gasteiger partial charge in [-0.3, -0.25) is 5.32 Å². The highest BCUT2D eigenvalue weighted by atomic mass is 15.0. The normalized spacial score (nSPS) is 11.4. The molecule has 0 aliphatic carbocycles. The van der Waals surface area contributed by atoms with Crippen LogP contribution in [-0.4, -0.2) is 16.5 Å². The zero-order valence-electron chi connectivity index (χ0n) is 15.2. The van der Waals surface area contributed by atoms with Crippen LogP contribution in [0.1, 0.15) is 22.4 Å². The predicted molar refractivity (Wildman–Crippen MR) is 110 cm³/mol. The Hall–Kier alpha value is -3.17. The Bertz CT molecular complexity index is 836. The fourth-order valence-corrected chi connectivity index (χ4v) is 3.68. The molecular formula is C24H23N3. The van der Waals surface area contributed by atoms with Crippen molar-refractivity contribution < 1.29 is 0 Å². The van der Waals surface area contributed by atoms with Gasteiger partial charge in [-0.05, 0) is 16.7 Å². The zero-order chi connectivity index (χ0) is 18.4. The minimum Gasteiger partial charge on any atom is -0.351 e. The lowest BCUT2D eigenvalue weighted by molar-refractivity contribution is 0.474. The number of aromatic nitrogens is 2. The van der Waals surface area contributed by atoms with Gasteiger partial charge < -0.3 is 4.98 Å². The molecule has 0 amide bonds. The van der Waals surface area contributed by atoms with E-state index in [1.54, 1.807) is 6.33 Å². The third kappa shape index (κ3) is 3.55. The van der Waals surface area contributed by atoms with Crippen LogP contribution in [0.3, 0.4) is 0 Å². The summed E-state index contributed by atoms with van der Waals surface area (Å²) in [7, 11) is 0. The summed E-state index contributed by atoms with van der Waals surface area (Å²) >= 11 is 0. The molecule has 1 aromatic heterocycles. The smallest absolute Gasteiger partial charge is 0.0948 e. The maximum Gasteiger partial charge on any atom is 0.0948 e. The third-order valence-electron chi connectivity index (χ3n) is 4.95. The number of H-pyrrole nitrogens is 1. The van der Waals surface area contributed by atoms with E-state index in [0.717, 1.165) is 18.7 Å². The first kappa shape index (κ1) is 17.3. The fraction of sp³-hybridized carbons (Fsp3) is 0.125. The molecule has 0 radical (unpaired) electrons. The van der Waals surface area contributed by atoms with Crippen LogP contribution in [0.4, 0.5) is 0 Å². The van der Waals surface area contributed by atoms with E-state index in [2.05, 4.69) is 106 Å². The van der Waals surface area contributed by atoms with E-state index in [1.165, 1.54) is 16.7 Å². The van der Waals surface area contributed by atoms with Crippen molar-refractivity contribution in [3.05, 3.63) is 126 Å². The molecule has 0 fully saturated rings. The Morgan fingerprint density at radius 1 is 0.704 bits per heavy atom. The molecule has 27 heavy (non-hydrogen) atoms. The van der Waals surface area contributed by atoms with E-state index in [0.29, 0.717) is 0 Å². The monoisotopic (exact) mass is 353 g/mol. The van der Waals surface area contributed by atoms with Gasteiger partial charge in [-0.15, -0.1) is 0 Å². The second kappa shape index (κ2) is 8.02. The molecule has 3 nitrogen and oxygen atoms in total. The second-order valence-electron chi connectivity index (χ2n) is 6.59. The molecule has 4 rings (SSSR count). The number of hydrogen-bond acceptors (Lipinski definition) is 2. The Morgan fingerprint density at radius 2 is 1.19 bits per heavy atom. The van der Waals surface area contributed by atoms with Crippen molar-refractivity contribution in [2.45, 2.75) is 12.0 Å². The van der Waals surface area contributed by atoms with Crippen LogP contribution in [0.5, 0.6) is 0 Å². The highest BCUT2D eigenvalue weighted by Gasteiger charge is 2.35. The highest BCUT2D eigenvalue weighted by molar-refractivity contribution is 5.49. The summed E-state index contributed by atoms with van der Waals surface area (Å²) in [4.78, 5) is 7.39. The van der Waals surface area contributed by atoms with Crippen LogP contribution < -0.4 is 5.32 Å². The molecule has 2 N–H and O–H groups in total. The topological polar surface area (TPSA) is 40.7 Å². The Labute approximate surface area is 160 Å². The lowest BCUT2D eigenvalue weighted by atomic mass is 9.77. The first-order valence-corrected chi connectivity index (χ1v) is 9.29. The highest BCUT2D eigenvalue weighted by Crippen LogP contribution is 2.36. The molecule has 0 unspecified atom stereocenters. The van der Waals surface area contributed by atoms with E-state index >= 15 is 0 Å². The van der Waals surface area contributed by atoms with Crippen LogP contribution in [0.15, 0.2) is 104 Å². The SMILES string of the molecule is c1ccc(C(NCCc2c[nH]cn2)(c2ccccc2)c2ccccc2)cc1.